The fourth-order valence-corrected chi connectivity index (χ4v) is 1.89. The lowest BCUT2D eigenvalue weighted by Crippen LogP contribution is -1.97. The molecule has 0 aliphatic heterocycles. The summed E-state index contributed by atoms with van der Waals surface area (Å²) in [5.74, 6) is 0.638. The van der Waals surface area contributed by atoms with Crippen molar-refractivity contribution in [3.63, 3.8) is 0 Å². The van der Waals surface area contributed by atoms with Crippen molar-refractivity contribution in [2.75, 3.05) is 13.2 Å². The minimum atomic E-state index is -1.34. The molecule has 0 aromatic heterocycles. The third-order valence-electron chi connectivity index (χ3n) is 1.67. The van der Waals surface area contributed by atoms with Gasteiger partial charge in [-0.1, -0.05) is 0 Å². The molecule has 0 aliphatic rings. The summed E-state index contributed by atoms with van der Waals surface area (Å²) in [5.41, 5.74) is 0.615. The topological polar surface area (TPSA) is 44.8 Å². The van der Waals surface area contributed by atoms with E-state index in [1.807, 2.05) is 13.8 Å². The average molecular weight is 242 g/mol. The molecule has 0 saturated carbocycles. The lowest BCUT2D eigenvalue weighted by molar-refractivity contribution is 0.112. The van der Waals surface area contributed by atoms with Crippen LogP contribution in [0.1, 0.15) is 24.2 Å². The Labute approximate surface area is 96.5 Å². The highest BCUT2D eigenvalue weighted by molar-refractivity contribution is 7.42. The Balaban J connectivity index is 2.58. The van der Waals surface area contributed by atoms with Crippen LogP contribution in [0.3, 0.4) is 0 Å². The second-order valence-corrected chi connectivity index (χ2v) is 3.98. The molecule has 0 aliphatic carbocycles. The third-order valence-corrected chi connectivity index (χ3v) is 2.96. The number of carbonyl (C=O) groups excluding carboxylic acids is 1. The van der Waals surface area contributed by atoms with Crippen LogP contribution in [0.2, 0.25) is 0 Å². The van der Waals surface area contributed by atoms with Gasteiger partial charge in [0, 0.05) is 5.56 Å². The van der Waals surface area contributed by atoms with Gasteiger partial charge in [-0.3, -0.25) is 4.79 Å². The van der Waals surface area contributed by atoms with Crippen LogP contribution in [-0.4, -0.2) is 19.5 Å². The molecule has 0 spiro atoms. The zero-order valence-corrected chi connectivity index (χ0v) is 10.3. The van der Waals surface area contributed by atoms with Crippen molar-refractivity contribution in [2.24, 2.45) is 0 Å². The van der Waals surface area contributed by atoms with Gasteiger partial charge in [0.05, 0.1) is 13.2 Å². The van der Waals surface area contributed by atoms with Gasteiger partial charge in [-0.25, -0.2) is 0 Å². The highest BCUT2D eigenvalue weighted by atomic mass is 31.2. The van der Waals surface area contributed by atoms with Crippen LogP contribution in [-0.2, 0) is 9.05 Å². The second kappa shape index (κ2) is 7.34. The smallest absolute Gasteiger partial charge is 0.397 e. The van der Waals surface area contributed by atoms with Crippen LogP contribution in [0.15, 0.2) is 24.3 Å². The van der Waals surface area contributed by atoms with Crippen LogP contribution < -0.4 is 4.52 Å². The largest absolute Gasteiger partial charge is 0.427 e. The number of carbonyl (C=O) groups is 1. The number of hydrogen-bond acceptors (Lipinski definition) is 4. The van der Waals surface area contributed by atoms with E-state index in [0.717, 1.165) is 6.29 Å². The van der Waals surface area contributed by atoms with Crippen LogP contribution in [0.25, 0.3) is 0 Å². The Morgan fingerprint density at radius 2 is 1.69 bits per heavy atom. The van der Waals surface area contributed by atoms with Gasteiger partial charge in [-0.2, -0.15) is 0 Å². The Bertz CT molecular complexity index is 306. The molecule has 0 saturated heterocycles. The highest BCUT2D eigenvalue weighted by Gasteiger charge is 2.12. The summed E-state index contributed by atoms with van der Waals surface area (Å²) in [6.45, 7) is 4.84. The van der Waals surface area contributed by atoms with Crippen molar-refractivity contribution in [3.05, 3.63) is 29.8 Å². The molecular weight excluding hydrogens is 227 g/mol. The highest BCUT2D eigenvalue weighted by Crippen LogP contribution is 2.40. The first-order valence-electron chi connectivity index (χ1n) is 5.09. The van der Waals surface area contributed by atoms with Gasteiger partial charge >= 0.3 is 8.60 Å². The van der Waals surface area contributed by atoms with Gasteiger partial charge in [0.15, 0.2) is 0 Å². The average Bonchev–Trinajstić information content (AvgIpc) is 2.31. The van der Waals surface area contributed by atoms with E-state index >= 15 is 0 Å². The minimum absolute atomic E-state index is 0.540. The van der Waals surface area contributed by atoms with Gasteiger partial charge in [0.2, 0.25) is 0 Å². The molecule has 0 atom stereocenters. The molecule has 1 aromatic carbocycles. The van der Waals surface area contributed by atoms with E-state index in [0.29, 0.717) is 24.5 Å². The molecule has 16 heavy (non-hydrogen) atoms. The molecule has 5 heteroatoms. The second-order valence-electron chi connectivity index (χ2n) is 2.84. The molecule has 1 rings (SSSR count). The van der Waals surface area contributed by atoms with Crippen molar-refractivity contribution < 1.29 is 18.4 Å². The van der Waals surface area contributed by atoms with Crippen LogP contribution in [0.4, 0.5) is 0 Å². The SMILES string of the molecule is CCOP(OCC)Oc1ccc(C=O)cc1. The first kappa shape index (κ1) is 13.1. The summed E-state index contributed by atoms with van der Waals surface area (Å²) in [5, 5.41) is 0. The van der Waals surface area contributed by atoms with Crippen molar-refractivity contribution in [1.82, 2.24) is 0 Å². The maximum Gasteiger partial charge on any atom is 0.397 e. The Hall–Kier alpha value is -0.960. The normalized spacial score (nSPS) is 10.4. The number of benzene rings is 1. The molecule has 0 heterocycles. The summed E-state index contributed by atoms with van der Waals surface area (Å²) >= 11 is 0. The number of aldehydes is 1. The number of rotatable bonds is 7. The molecule has 0 amide bonds. The van der Waals surface area contributed by atoms with E-state index in [1.165, 1.54) is 0 Å². The van der Waals surface area contributed by atoms with E-state index in [2.05, 4.69) is 0 Å². The fourth-order valence-electron chi connectivity index (χ4n) is 0.994. The molecular formula is C11H15O4P. The first-order valence-corrected chi connectivity index (χ1v) is 6.18. The summed E-state index contributed by atoms with van der Waals surface area (Å²) in [4.78, 5) is 10.5. The van der Waals surface area contributed by atoms with Crippen LogP contribution in [0.5, 0.6) is 5.75 Å². The summed E-state index contributed by atoms with van der Waals surface area (Å²) in [6.07, 6.45) is 0.789. The molecule has 88 valence electrons. The number of hydrogen-bond donors (Lipinski definition) is 0. The van der Waals surface area contributed by atoms with Crippen LogP contribution in [0, 0.1) is 0 Å². The maximum atomic E-state index is 10.5. The lowest BCUT2D eigenvalue weighted by Gasteiger charge is -2.15. The predicted octanol–water partition coefficient (Wildman–Crippen LogP) is 3.18. The van der Waals surface area contributed by atoms with Gasteiger partial charge in [0.25, 0.3) is 0 Å². The predicted molar refractivity (Wildman–Crippen MR) is 62.6 cm³/mol. The molecule has 1 aromatic rings. The zero-order chi connectivity index (χ0) is 11.8. The molecule has 4 nitrogen and oxygen atoms in total. The summed E-state index contributed by atoms with van der Waals surface area (Å²) in [7, 11) is -1.34. The van der Waals surface area contributed by atoms with Crippen molar-refractivity contribution >= 4 is 14.9 Å². The molecule has 0 bridgehead atoms. The van der Waals surface area contributed by atoms with E-state index in [9.17, 15) is 4.79 Å². The molecule has 0 unspecified atom stereocenters. The van der Waals surface area contributed by atoms with Crippen molar-refractivity contribution in [3.8, 4) is 5.75 Å². The Morgan fingerprint density at radius 1 is 1.12 bits per heavy atom. The Morgan fingerprint density at radius 3 is 2.12 bits per heavy atom. The molecule has 0 radical (unpaired) electrons. The summed E-state index contributed by atoms with van der Waals surface area (Å²) in [6, 6.07) is 6.82. The third kappa shape index (κ3) is 4.27. The van der Waals surface area contributed by atoms with Gasteiger partial charge in [-0.05, 0) is 38.1 Å². The molecule has 0 N–H and O–H groups in total. The monoisotopic (exact) mass is 242 g/mol. The van der Waals surface area contributed by atoms with E-state index in [-0.39, 0.29) is 0 Å². The van der Waals surface area contributed by atoms with E-state index in [1.54, 1.807) is 24.3 Å². The maximum absolute atomic E-state index is 10.5. The van der Waals surface area contributed by atoms with Gasteiger partial charge in [-0.15, -0.1) is 0 Å². The summed E-state index contributed by atoms with van der Waals surface area (Å²) < 4.78 is 16.1. The lowest BCUT2D eigenvalue weighted by atomic mass is 10.2. The Kier molecular flexibility index (Phi) is 6.01. The quantitative estimate of drug-likeness (QED) is 0.544. The van der Waals surface area contributed by atoms with Crippen molar-refractivity contribution in [1.29, 1.82) is 0 Å². The van der Waals surface area contributed by atoms with Gasteiger partial charge < -0.3 is 13.6 Å². The van der Waals surface area contributed by atoms with E-state index < -0.39 is 8.60 Å². The van der Waals surface area contributed by atoms with Crippen molar-refractivity contribution in [2.45, 2.75) is 13.8 Å². The molecule has 0 fully saturated rings. The first-order chi connectivity index (χ1) is 7.80. The fraction of sp³-hybridized carbons (Fsp3) is 0.364. The van der Waals surface area contributed by atoms with Gasteiger partial charge in [0.1, 0.15) is 12.0 Å². The van der Waals surface area contributed by atoms with Crippen LogP contribution >= 0.6 is 8.60 Å². The standard InChI is InChI=1S/C11H15O4P/c1-3-13-16(14-4-2)15-11-7-5-10(9-12)6-8-11/h5-9H,3-4H2,1-2H3. The van der Waals surface area contributed by atoms with E-state index in [4.69, 9.17) is 13.6 Å². The zero-order valence-electron chi connectivity index (χ0n) is 9.38. The minimum Gasteiger partial charge on any atom is -0.427 e.